The molecule has 0 radical (unpaired) electrons. The number of ether oxygens (including phenoxy) is 2. The Balaban J connectivity index is 1.55. The second kappa shape index (κ2) is 8.37. The van der Waals surface area contributed by atoms with Crippen LogP contribution in [0.2, 0.25) is 0 Å². The first-order chi connectivity index (χ1) is 12.3. The Hall–Kier alpha value is -3.51. The van der Waals surface area contributed by atoms with E-state index in [1.54, 1.807) is 36.4 Å². The summed E-state index contributed by atoms with van der Waals surface area (Å²) in [4.78, 5) is 12.1. The van der Waals surface area contributed by atoms with Gasteiger partial charge in [0.05, 0.1) is 5.56 Å². The molecule has 122 valence electrons. The van der Waals surface area contributed by atoms with Gasteiger partial charge in [0.15, 0.2) is 0 Å². The molecule has 0 amide bonds. The lowest BCUT2D eigenvalue weighted by atomic mass is 10.1. The van der Waals surface area contributed by atoms with Crippen molar-refractivity contribution in [3.63, 3.8) is 0 Å². The predicted molar refractivity (Wildman–Crippen MR) is 96.7 cm³/mol. The van der Waals surface area contributed by atoms with Gasteiger partial charge in [-0.05, 0) is 48.5 Å². The second-order valence-electron chi connectivity index (χ2n) is 5.18. The van der Waals surface area contributed by atoms with Crippen molar-refractivity contribution in [2.45, 2.75) is 0 Å². The summed E-state index contributed by atoms with van der Waals surface area (Å²) in [7, 11) is 0. The summed E-state index contributed by atoms with van der Waals surface area (Å²) in [5, 5.41) is 0. The molecule has 0 N–H and O–H groups in total. The lowest BCUT2D eigenvalue weighted by molar-refractivity contribution is 0.0735. The molecule has 0 heterocycles. The maximum absolute atomic E-state index is 12.1. The van der Waals surface area contributed by atoms with Gasteiger partial charge in [0, 0.05) is 5.56 Å². The summed E-state index contributed by atoms with van der Waals surface area (Å²) in [5.74, 6) is 6.87. The molecule has 0 atom stereocenters. The van der Waals surface area contributed by atoms with E-state index in [9.17, 15) is 4.79 Å². The Kier molecular flexibility index (Phi) is 5.48. The Bertz CT molecular complexity index is 873. The molecule has 0 aliphatic carbocycles. The van der Waals surface area contributed by atoms with Crippen LogP contribution in [0.25, 0.3) is 0 Å². The summed E-state index contributed by atoms with van der Waals surface area (Å²) < 4.78 is 10.8. The summed E-state index contributed by atoms with van der Waals surface area (Å²) in [6.07, 6.45) is 0. The van der Waals surface area contributed by atoms with Crippen molar-refractivity contribution in [3.05, 3.63) is 96.1 Å². The Labute approximate surface area is 146 Å². The van der Waals surface area contributed by atoms with Gasteiger partial charge >= 0.3 is 5.97 Å². The van der Waals surface area contributed by atoms with Gasteiger partial charge in [-0.2, -0.15) is 0 Å². The molecular weight excluding hydrogens is 312 g/mol. The third-order valence-corrected chi connectivity index (χ3v) is 3.36. The van der Waals surface area contributed by atoms with Crippen molar-refractivity contribution in [1.29, 1.82) is 0 Å². The van der Waals surface area contributed by atoms with Gasteiger partial charge in [-0.1, -0.05) is 48.2 Å². The van der Waals surface area contributed by atoms with Crippen LogP contribution in [0.4, 0.5) is 0 Å². The largest absolute Gasteiger partial charge is 0.481 e. The first kappa shape index (κ1) is 16.4. The summed E-state index contributed by atoms with van der Waals surface area (Å²) in [6.45, 7) is 0.307. The van der Waals surface area contributed by atoms with Gasteiger partial charge in [0.1, 0.15) is 18.1 Å². The minimum absolute atomic E-state index is 0.307. The van der Waals surface area contributed by atoms with E-state index in [0.29, 0.717) is 17.9 Å². The molecule has 0 aliphatic heterocycles. The minimum atomic E-state index is -0.391. The van der Waals surface area contributed by atoms with E-state index in [-0.39, 0.29) is 0 Å². The second-order valence-corrected chi connectivity index (χ2v) is 5.18. The molecule has 0 bridgehead atoms. The average molecular weight is 328 g/mol. The van der Waals surface area contributed by atoms with E-state index >= 15 is 0 Å². The third-order valence-electron chi connectivity index (χ3n) is 3.36. The molecule has 0 spiro atoms. The summed E-state index contributed by atoms with van der Waals surface area (Å²) >= 11 is 0. The lowest BCUT2D eigenvalue weighted by Crippen LogP contribution is -2.08. The summed E-state index contributed by atoms with van der Waals surface area (Å²) in [6, 6.07) is 25.5. The fourth-order valence-corrected chi connectivity index (χ4v) is 2.12. The Morgan fingerprint density at radius 1 is 0.760 bits per heavy atom. The average Bonchev–Trinajstić information content (AvgIpc) is 2.67. The summed E-state index contributed by atoms with van der Waals surface area (Å²) in [5.41, 5.74) is 1.29. The van der Waals surface area contributed by atoms with Gasteiger partial charge in [-0.15, -0.1) is 0 Å². The molecule has 25 heavy (non-hydrogen) atoms. The van der Waals surface area contributed by atoms with Crippen molar-refractivity contribution in [1.82, 2.24) is 0 Å². The third kappa shape index (κ3) is 4.98. The number of hydrogen-bond acceptors (Lipinski definition) is 3. The molecule has 3 aromatic rings. The monoisotopic (exact) mass is 328 g/mol. The highest BCUT2D eigenvalue weighted by molar-refractivity contribution is 5.91. The first-order valence-electron chi connectivity index (χ1n) is 7.85. The van der Waals surface area contributed by atoms with E-state index in [0.717, 1.165) is 11.3 Å². The van der Waals surface area contributed by atoms with E-state index in [4.69, 9.17) is 9.47 Å². The van der Waals surface area contributed by atoms with Gasteiger partial charge in [-0.3, -0.25) is 0 Å². The van der Waals surface area contributed by atoms with E-state index in [2.05, 4.69) is 11.8 Å². The molecule has 0 saturated carbocycles. The highest BCUT2D eigenvalue weighted by Crippen LogP contribution is 2.12. The number of hydrogen-bond donors (Lipinski definition) is 0. The van der Waals surface area contributed by atoms with Crippen LogP contribution >= 0.6 is 0 Å². The number of esters is 1. The smallest absolute Gasteiger partial charge is 0.343 e. The SMILES string of the molecule is O=C(Oc1ccccc1)c1ccc(C#CCOc2ccccc2)cc1. The predicted octanol–water partition coefficient (Wildman–Crippen LogP) is 4.34. The maximum Gasteiger partial charge on any atom is 0.343 e. The lowest BCUT2D eigenvalue weighted by Gasteiger charge is -2.03. The van der Waals surface area contributed by atoms with Crippen molar-refractivity contribution in [3.8, 4) is 23.3 Å². The number of rotatable bonds is 4. The van der Waals surface area contributed by atoms with Crippen molar-refractivity contribution >= 4 is 5.97 Å². The molecule has 3 aromatic carbocycles. The Morgan fingerprint density at radius 3 is 2.00 bits per heavy atom. The van der Waals surface area contributed by atoms with Crippen LogP contribution in [0.1, 0.15) is 15.9 Å². The molecule has 3 rings (SSSR count). The molecule has 3 nitrogen and oxygen atoms in total. The molecule has 0 unspecified atom stereocenters. The zero-order chi connectivity index (χ0) is 17.3. The quantitative estimate of drug-likeness (QED) is 0.406. The highest BCUT2D eigenvalue weighted by Gasteiger charge is 2.07. The van der Waals surface area contributed by atoms with Crippen LogP contribution < -0.4 is 9.47 Å². The normalized spacial score (nSPS) is 9.60. The molecule has 3 heteroatoms. The fraction of sp³-hybridized carbons (Fsp3) is 0.0455. The van der Waals surface area contributed by atoms with Crippen LogP contribution in [0.3, 0.4) is 0 Å². The van der Waals surface area contributed by atoms with Crippen molar-refractivity contribution in [2.75, 3.05) is 6.61 Å². The number of carbonyl (C=O) groups excluding carboxylic acids is 1. The molecule has 0 aliphatic rings. The van der Waals surface area contributed by atoms with Crippen molar-refractivity contribution < 1.29 is 14.3 Å². The number of para-hydroxylation sites is 2. The van der Waals surface area contributed by atoms with Crippen LogP contribution in [0.5, 0.6) is 11.5 Å². The molecule has 0 aromatic heterocycles. The van der Waals surface area contributed by atoms with Gasteiger partial charge < -0.3 is 9.47 Å². The number of benzene rings is 3. The Morgan fingerprint density at radius 2 is 1.36 bits per heavy atom. The number of carbonyl (C=O) groups is 1. The maximum atomic E-state index is 12.1. The topological polar surface area (TPSA) is 35.5 Å². The van der Waals surface area contributed by atoms with E-state index in [1.807, 2.05) is 48.5 Å². The van der Waals surface area contributed by atoms with Gasteiger partial charge in [0.25, 0.3) is 0 Å². The standard InChI is InChI=1S/C22H16O3/c23-22(25-21-11-5-2-6-12-21)19-15-13-18(14-16-19)8-7-17-24-20-9-3-1-4-10-20/h1-6,9-16H,17H2. The van der Waals surface area contributed by atoms with Crippen molar-refractivity contribution in [2.24, 2.45) is 0 Å². The zero-order valence-corrected chi connectivity index (χ0v) is 13.5. The molecule has 0 fully saturated rings. The van der Waals surface area contributed by atoms with Crippen LogP contribution in [-0.4, -0.2) is 12.6 Å². The van der Waals surface area contributed by atoms with Gasteiger partial charge in [0.2, 0.25) is 0 Å². The molecular formula is C22H16O3. The van der Waals surface area contributed by atoms with Crippen LogP contribution in [0, 0.1) is 11.8 Å². The molecule has 0 saturated heterocycles. The first-order valence-corrected chi connectivity index (χ1v) is 7.85. The zero-order valence-electron chi connectivity index (χ0n) is 13.5. The van der Waals surface area contributed by atoms with E-state index in [1.165, 1.54) is 0 Å². The van der Waals surface area contributed by atoms with Crippen LogP contribution in [-0.2, 0) is 0 Å². The van der Waals surface area contributed by atoms with Gasteiger partial charge in [-0.25, -0.2) is 4.79 Å². The highest BCUT2D eigenvalue weighted by atomic mass is 16.5. The fourth-order valence-electron chi connectivity index (χ4n) is 2.12. The van der Waals surface area contributed by atoms with Crippen LogP contribution in [0.15, 0.2) is 84.9 Å². The van der Waals surface area contributed by atoms with E-state index < -0.39 is 5.97 Å². The minimum Gasteiger partial charge on any atom is -0.481 e.